The Morgan fingerprint density at radius 2 is 1.88 bits per heavy atom. The first-order valence-corrected chi connectivity index (χ1v) is 10.9. The van der Waals surface area contributed by atoms with Crippen LogP contribution in [0.1, 0.15) is 105 Å². The first-order chi connectivity index (χ1) is 11.7. The van der Waals surface area contributed by atoms with Crippen LogP contribution in [-0.2, 0) is 4.79 Å². The van der Waals surface area contributed by atoms with Gasteiger partial charge in [-0.05, 0) is 79.4 Å². The third-order valence-corrected chi connectivity index (χ3v) is 8.24. The maximum absolute atomic E-state index is 10.8. The molecule has 0 bridgehead atoms. The van der Waals surface area contributed by atoms with E-state index in [0.29, 0.717) is 17.3 Å². The van der Waals surface area contributed by atoms with Crippen molar-refractivity contribution in [2.45, 2.75) is 105 Å². The van der Waals surface area contributed by atoms with E-state index in [1.165, 1.54) is 51.4 Å². The van der Waals surface area contributed by atoms with Crippen LogP contribution in [0.25, 0.3) is 0 Å². The van der Waals surface area contributed by atoms with Crippen LogP contribution in [0.5, 0.6) is 0 Å². The average Bonchev–Trinajstić information content (AvgIpc) is 2.85. The Kier molecular flexibility index (Phi) is 7.01. The van der Waals surface area contributed by atoms with Gasteiger partial charge >= 0.3 is 5.97 Å². The van der Waals surface area contributed by atoms with Gasteiger partial charge in [0.2, 0.25) is 0 Å². The van der Waals surface area contributed by atoms with E-state index in [1.54, 1.807) is 0 Å². The molecule has 3 unspecified atom stereocenters. The zero-order valence-electron chi connectivity index (χ0n) is 17.4. The standard InChI is InChI=1S/C23H42O2/c1-6-7-8-15-22(3,4)19-14-16-23(5)18(10-9-11-21(24)25)12-13-20(23)17(19)2/h17-20H,6-16H2,1-5H3,(H,24,25)/t17?,18-,19?,20?,23+/m0/s1. The lowest BCUT2D eigenvalue weighted by Gasteiger charge is -2.52. The Balaban J connectivity index is 1.98. The Hall–Kier alpha value is -0.530. The molecule has 2 aliphatic rings. The molecule has 1 N–H and O–H groups in total. The van der Waals surface area contributed by atoms with Gasteiger partial charge in [-0.2, -0.15) is 0 Å². The number of unbranched alkanes of at least 4 members (excludes halogenated alkanes) is 2. The third-order valence-electron chi connectivity index (χ3n) is 8.24. The van der Waals surface area contributed by atoms with Crippen LogP contribution in [0.15, 0.2) is 0 Å². The van der Waals surface area contributed by atoms with E-state index in [9.17, 15) is 4.79 Å². The second-order valence-corrected chi connectivity index (χ2v) is 10.1. The molecule has 25 heavy (non-hydrogen) atoms. The fourth-order valence-electron chi connectivity index (χ4n) is 6.70. The maximum atomic E-state index is 10.8. The number of rotatable bonds is 9. The van der Waals surface area contributed by atoms with Crippen molar-refractivity contribution in [2.75, 3.05) is 0 Å². The highest BCUT2D eigenvalue weighted by Gasteiger charge is 2.54. The first kappa shape index (κ1) is 20.8. The summed E-state index contributed by atoms with van der Waals surface area (Å²) in [7, 11) is 0. The van der Waals surface area contributed by atoms with Gasteiger partial charge in [0.1, 0.15) is 0 Å². The smallest absolute Gasteiger partial charge is 0.303 e. The lowest BCUT2D eigenvalue weighted by atomic mass is 9.53. The van der Waals surface area contributed by atoms with Crippen molar-refractivity contribution < 1.29 is 9.90 Å². The molecule has 2 nitrogen and oxygen atoms in total. The number of hydrogen-bond donors (Lipinski definition) is 1. The van der Waals surface area contributed by atoms with Gasteiger partial charge in [-0.3, -0.25) is 4.79 Å². The van der Waals surface area contributed by atoms with E-state index in [2.05, 4.69) is 34.6 Å². The van der Waals surface area contributed by atoms with E-state index in [1.807, 2.05) is 0 Å². The van der Waals surface area contributed by atoms with E-state index >= 15 is 0 Å². The van der Waals surface area contributed by atoms with Crippen molar-refractivity contribution in [1.82, 2.24) is 0 Å². The first-order valence-electron chi connectivity index (χ1n) is 10.9. The Labute approximate surface area is 156 Å². The minimum absolute atomic E-state index is 0.347. The van der Waals surface area contributed by atoms with Gasteiger partial charge < -0.3 is 5.11 Å². The fraction of sp³-hybridized carbons (Fsp3) is 0.957. The number of hydrogen-bond acceptors (Lipinski definition) is 1. The molecule has 0 aromatic heterocycles. The highest BCUT2D eigenvalue weighted by molar-refractivity contribution is 5.66. The molecule has 5 atom stereocenters. The molecular formula is C23H42O2. The molecule has 2 rings (SSSR count). The Morgan fingerprint density at radius 3 is 2.52 bits per heavy atom. The van der Waals surface area contributed by atoms with Gasteiger partial charge in [-0.1, -0.05) is 53.9 Å². The summed E-state index contributed by atoms with van der Waals surface area (Å²) in [4.78, 5) is 10.8. The van der Waals surface area contributed by atoms with Gasteiger partial charge in [0.05, 0.1) is 0 Å². The number of carboxylic acids is 1. The summed E-state index contributed by atoms with van der Waals surface area (Å²) in [5.74, 6) is 2.65. The molecular weight excluding hydrogens is 308 g/mol. The van der Waals surface area contributed by atoms with E-state index in [0.717, 1.165) is 36.5 Å². The third kappa shape index (κ3) is 4.61. The van der Waals surface area contributed by atoms with Gasteiger partial charge in [-0.25, -0.2) is 0 Å². The molecule has 0 aliphatic heterocycles. The fourth-order valence-corrected chi connectivity index (χ4v) is 6.70. The number of fused-ring (bicyclic) bond motifs is 1. The summed E-state index contributed by atoms with van der Waals surface area (Å²) in [5, 5.41) is 8.94. The predicted molar refractivity (Wildman–Crippen MR) is 106 cm³/mol. The number of carboxylic acid groups (broad SMARTS) is 1. The van der Waals surface area contributed by atoms with Crippen molar-refractivity contribution in [2.24, 2.45) is 34.5 Å². The van der Waals surface area contributed by atoms with Crippen molar-refractivity contribution >= 4 is 5.97 Å². The van der Waals surface area contributed by atoms with Crippen LogP contribution in [0.4, 0.5) is 0 Å². The van der Waals surface area contributed by atoms with E-state index in [-0.39, 0.29) is 0 Å². The van der Waals surface area contributed by atoms with Crippen LogP contribution in [0.2, 0.25) is 0 Å². The molecule has 2 saturated carbocycles. The second-order valence-electron chi connectivity index (χ2n) is 10.1. The molecule has 0 saturated heterocycles. The van der Waals surface area contributed by atoms with Crippen molar-refractivity contribution in [1.29, 1.82) is 0 Å². The van der Waals surface area contributed by atoms with Crippen LogP contribution in [0.3, 0.4) is 0 Å². The minimum Gasteiger partial charge on any atom is -0.481 e. The molecule has 0 spiro atoms. The largest absolute Gasteiger partial charge is 0.481 e. The topological polar surface area (TPSA) is 37.3 Å². The molecule has 2 fully saturated rings. The molecule has 2 aliphatic carbocycles. The minimum atomic E-state index is -0.634. The van der Waals surface area contributed by atoms with E-state index < -0.39 is 5.97 Å². The normalized spacial score (nSPS) is 35.6. The average molecular weight is 351 g/mol. The van der Waals surface area contributed by atoms with Gasteiger partial charge in [0.15, 0.2) is 0 Å². The zero-order chi connectivity index (χ0) is 18.7. The maximum Gasteiger partial charge on any atom is 0.303 e. The Bertz CT molecular complexity index is 441. The van der Waals surface area contributed by atoms with Crippen LogP contribution >= 0.6 is 0 Å². The molecule has 0 amide bonds. The number of aliphatic carboxylic acids is 1. The van der Waals surface area contributed by atoms with Crippen LogP contribution in [0, 0.1) is 34.5 Å². The van der Waals surface area contributed by atoms with E-state index in [4.69, 9.17) is 5.11 Å². The monoisotopic (exact) mass is 350 g/mol. The van der Waals surface area contributed by atoms with Crippen molar-refractivity contribution in [3.05, 3.63) is 0 Å². The summed E-state index contributed by atoms with van der Waals surface area (Å²) in [6.45, 7) is 12.4. The summed E-state index contributed by atoms with van der Waals surface area (Å²) in [6, 6.07) is 0. The Morgan fingerprint density at radius 1 is 1.16 bits per heavy atom. The molecule has 0 radical (unpaired) electrons. The lowest BCUT2D eigenvalue weighted by Crippen LogP contribution is -2.44. The molecule has 2 heteroatoms. The number of carbonyl (C=O) groups is 1. The highest BCUT2D eigenvalue weighted by atomic mass is 16.4. The molecule has 0 heterocycles. The molecule has 146 valence electrons. The summed E-state index contributed by atoms with van der Waals surface area (Å²) in [5.41, 5.74) is 0.936. The van der Waals surface area contributed by atoms with Gasteiger partial charge in [0, 0.05) is 6.42 Å². The highest BCUT2D eigenvalue weighted by Crippen LogP contribution is 2.62. The second kappa shape index (κ2) is 8.44. The molecule has 0 aromatic rings. The SMILES string of the molecule is CCCCCC(C)(C)C1CC[C@@]2(C)C(CC[C@@H]2CCCC(=O)O)C1C. The molecule has 0 aromatic carbocycles. The summed E-state index contributed by atoms with van der Waals surface area (Å²) < 4.78 is 0. The summed E-state index contributed by atoms with van der Waals surface area (Å²) in [6.07, 6.45) is 13.2. The van der Waals surface area contributed by atoms with Crippen LogP contribution < -0.4 is 0 Å². The predicted octanol–water partition coefficient (Wildman–Crippen LogP) is 6.93. The van der Waals surface area contributed by atoms with Crippen LogP contribution in [-0.4, -0.2) is 11.1 Å². The summed E-state index contributed by atoms with van der Waals surface area (Å²) >= 11 is 0. The van der Waals surface area contributed by atoms with Gasteiger partial charge in [-0.15, -0.1) is 0 Å². The van der Waals surface area contributed by atoms with Crippen molar-refractivity contribution in [3.63, 3.8) is 0 Å². The quantitative estimate of drug-likeness (QED) is 0.458. The zero-order valence-corrected chi connectivity index (χ0v) is 17.4. The van der Waals surface area contributed by atoms with Crippen molar-refractivity contribution in [3.8, 4) is 0 Å². The van der Waals surface area contributed by atoms with Gasteiger partial charge in [0.25, 0.3) is 0 Å². The lowest BCUT2D eigenvalue weighted by molar-refractivity contribution is -0.137.